The second-order valence-electron chi connectivity index (χ2n) is 5.18. The third-order valence-corrected chi connectivity index (χ3v) is 2.22. The summed E-state index contributed by atoms with van der Waals surface area (Å²) >= 11 is 0. The van der Waals surface area contributed by atoms with Crippen LogP contribution in [0.15, 0.2) is 24.3 Å². The fourth-order valence-corrected chi connectivity index (χ4v) is 1.40. The van der Waals surface area contributed by atoms with Gasteiger partial charge in [-0.3, -0.25) is 4.79 Å². The molecule has 100 valence electrons. The molecule has 1 aromatic carbocycles. The lowest BCUT2D eigenvalue weighted by Gasteiger charge is -2.23. The zero-order valence-corrected chi connectivity index (χ0v) is 11.6. The molecule has 1 rings (SSSR count). The van der Waals surface area contributed by atoms with Crippen LogP contribution >= 0.6 is 0 Å². The van der Waals surface area contributed by atoms with Gasteiger partial charge in [0.15, 0.2) is 6.10 Å². The Morgan fingerprint density at radius 1 is 1.28 bits per heavy atom. The summed E-state index contributed by atoms with van der Waals surface area (Å²) < 4.78 is 10.7. The summed E-state index contributed by atoms with van der Waals surface area (Å²) in [5.74, 6) is 1.19. The second-order valence-corrected chi connectivity index (χ2v) is 5.18. The SMILES string of the molecule is COc1cccc(O[C@H](C)C(=O)NC(C)(C)C)c1. The van der Waals surface area contributed by atoms with Gasteiger partial charge in [-0.05, 0) is 39.8 Å². The van der Waals surface area contributed by atoms with Gasteiger partial charge in [0, 0.05) is 11.6 Å². The van der Waals surface area contributed by atoms with Gasteiger partial charge in [-0.2, -0.15) is 0 Å². The van der Waals surface area contributed by atoms with Crippen LogP contribution in [-0.2, 0) is 4.79 Å². The number of hydrogen-bond donors (Lipinski definition) is 1. The number of carbonyl (C=O) groups is 1. The molecule has 18 heavy (non-hydrogen) atoms. The fraction of sp³-hybridized carbons (Fsp3) is 0.500. The Bertz CT molecular complexity index is 410. The van der Waals surface area contributed by atoms with E-state index < -0.39 is 6.10 Å². The third-order valence-electron chi connectivity index (χ3n) is 2.22. The molecule has 4 heteroatoms. The molecule has 1 atom stereocenters. The molecular weight excluding hydrogens is 230 g/mol. The highest BCUT2D eigenvalue weighted by atomic mass is 16.5. The molecule has 0 spiro atoms. The van der Waals surface area contributed by atoms with E-state index in [4.69, 9.17) is 9.47 Å². The topological polar surface area (TPSA) is 47.6 Å². The van der Waals surface area contributed by atoms with Crippen LogP contribution in [0.5, 0.6) is 11.5 Å². The minimum atomic E-state index is -0.545. The lowest BCUT2D eigenvalue weighted by molar-refractivity contribution is -0.128. The number of carbonyl (C=O) groups excluding carboxylic acids is 1. The molecule has 0 radical (unpaired) electrons. The van der Waals surface area contributed by atoms with Crippen molar-refractivity contribution in [1.82, 2.24) is 5.32 Å². The van der Waals surface area contributed by atoms with Crippen molar-refractivity contribution < 1.29 is 14.3 Å². The highest BCUT2D eigenvalue weighted by Crippen LogP contribution is 2.20. The average molecular weight is 251 g/mol. The van der Waals surface area contributed by atoms with Gasteiger partial charge in [0.05, 0.1) is 7.11 Å². The molecule has 1 N–H and O–H groups in total. The summed E-state index contributed by atoms with van der Waals surface area (Å²) in [7, 11) is 1.59. The van der Waals surface area contributed by atoms with Crippen molar-refractivity contribution in [2.24, 2.45) is 0 Å². The average Bonchev–Trinajstić information content (AvgIpc) is 2.27. The molecule has 0 aromatic heterocycles. The molecule has 1 amide bonds. The number of benzene rings is 1. The zero-order chi connectivity index (χ0) is 13.8. The van der Waals surface area contributed by atoms with Crippen molar-refractivity contribution in [3.8, 4) is 11.5 Å². The van der Waals surface area contributed by atoms with Gasteiger partial charge in [-0.1, -0.05) is 6.07 Å². The highest BCUT2D eigenvalue weighted by Gasteiger charge is 2.20. The number of ether oxygens (including phenoxy) is 2. The summed E-state index contributed by atoms with van der Waals surface area (Å²) in [6, 6.07) is 7.19. The number of methoxy groups -OCH3 is 1. The number of hydrogen-bond acceptors (Lipinski definition) is 3. The van der Waals surface area contributed by atoms with Crippen molar-refractivity contribution in [1.29, 1.82) is 0 Å². The third kappa shape index (κ3) is 4.65. The summed E-state index contributed by atoms with van der Waals surface area (Å²) in [4.78, 5) is 11.9. The standard InChI is InChI=1S/C14H21NO3/c1-10(13(16)15-14(2,3)4)18-12-8-6-7-11(9-12)17-5/h6-10H,1-5H3,(H,15,16)/t10-/m1/s1. The van der Waals surface area contributed by atoms with Crippen molar-refractivity contribution in [2.45, 2.75) is 39.3 Å². The van der Waals surface area contributed by atoms with Crippen LogP contribution < -0.4 is 14.8 Å². The molecule has 0 aliphatic rings. The van der Waals surface area contributed by atoms with Crippen LogP contribution in [0.3, 0.4) is 0 Å². The summed E-state index contributed by atoms with van der Waals surface area (Å²) in [5, 5.41) is 2.87. The van der Waals surface area contributed by atoms with E-state index in [0.29, 0.717) is 11.5 Å². The molecule has 0 saturated heterocycles. The van der Waals surface area contributed by atoms with E-state index in [2.05, 4.69) is 5.32 Å². The summed E-state index contributed by atoms with van der Waals surface area (Å²) in [6.45, 7) is 7.52. The Hall–Kier alpha value is -1.71. The van der Waals surface area contributed by atoms with E-state index in [9.17, 15) is 4.79 Å². The first-order valence-corrected chi connectivity index (χ1v) is 5.94. The minimum Gasteiger partial charge on any atom is -0.497 e. The molecule has 0 aliphatic carbocycles. The van der Waals surface area contributed by atoms with Gasteiger partial charge in [-0.25, -0.2) is 0 Å². The Labute approximate surface area is 108 Å². The smallest absolute Gasteiger partial charge is 0.261 e. The molecule has 4 nitrogen and oxygen atoms in total. The van der Waals surface area contributed by atoms with Gasteiger partial charge in [0.1, 0.15) is 11.5 Å². The summed E-state index contributed by atoms with van der Waals surface area (Å²) in [5.41, 5.74) is -0.261. The molecule has 0 heterocycles. The van der Waals surface area contributed by atoms with E-state index in [1.165, 1.54) is 0 Å². The molecule has 0 fully saturated rings. The molecule has 0 bridgehead atoms. The Morgan fingerprint density at radius 3 is 2.44 bits per heavy atom. The van der Waals surface area contributed by atoms with E-state index >= 15 is 0 Å². The Kier molecular flexibility index (Phi) is 4.59. The van der Waals surface area contributed by atoms with Crippen LogP contribution in [-0.4, -0.2) is 24.7 Å². The normalized spacial score (nSPS) is 12.7. The monoisotopic (exact) mass is 251 g/mol. The molecule has 0 aliphatic heterocycles. The highest BCUT2D eigenvalue weighted by molar-refractivity contribution is 5.81. The van der Waals surface area contributed by atoms with E-state index in [-0.39, 0.29) is 11.4 Å². The van der Waals surface area contributed by atoms with Gasteiger partial charge >= 0.3 is 0 Å². The van der Waals surface area contributed by atoms with Gasteiger partial charge in [-0.15, -0.1) is 0 Å². The maximum Gasteiger partial charge on any atom is 0.261 e. The van der Waals surface area contributed by atoms with Crippen LogP contribution in [0.2, 0.25) is 0 Å². The second kappa shape index (κ2) is 5.76. The molecule has 1 aromatic rings. The first-order chi connectivity index (χ1) is 8.31. The largest absolute Gasteiger partial charge is 0.497 e. The first kappa shape index (κ1) is 14.4. The van der Waals surface area contributed by atoms with Crippen molar-refractivity contribution in [3.63, 3.8) is 0 Å². The predicted molar refractivity (Wildman–Crippen MR) is 71.0 cm³/mol. The molecule has 0 saturated carbocycles. The fourth-order valence-electron chi connectivity index (χ4n) is 1.40. The molecule has 0 unspecified atom stereocenters. The van der Waals surface area contributed by atoms with E-state index in [1.807, 2.05) is 32.9 Å². The van der Waals surface area contributed by atoms with Gasteiger partial charge in [0.2, 0.25) is 0 Å². The minimum absolute atomic E-state index is 0.134. The predicted octanol–water partition coefficient (Wildman–Crippen LogP) is 2.38. The van der Waals surface area contributed by atoms with Crippen LogP contribution in [0, 0.1) is 0 Å². The number of rotatable bonds is 4. The van der Waals surface area contributed by atoms with E-state index in [1.54, 1.807) is 26.2 Å². The quantitative estimate of drug-likeness (QED) is 0.893. The van der Waals surface area contributed by atoms with Crippen molar-refractivity contribution >= 4 is 5.91 Å². The lowest BCUT2D eigenvalue weighted by atomic mass is 10.1. The first-order valence-electron chi connectivity index (χ1n) is 5.94. The van der Waals surface area contributed by atoms with Gasteiger partial charge in [0.25, 0.3) is 5.91 Å². The van der Waals surface area contributed by atoms with Crippen molar-refractivity contribution in [3.05, 3.63) is 24.3 Å². The van der Waals surface area contributed by atoms with E-state index in [0.717, 1.165) is 0 Å². The zero-order valence-electron chi connectivity index (χ0n) is 11.6. The van der Waals surface area contributed by atoms with Gasteiger partial charge < -0.3 is 14.8 Å². The van der Waals surface area contributed by atoms with Crippen molar-refractivity contribution in [2.75, 3.05) is 7.11 Å². The number of nitrogens with one attached hydrogen (secondary N) is 1. The maximum atomic E-state index is 11.9. The Morgan fingerprint density at radius 2 is 1.89 bits per heavy atom. The maximum absolute atomic E-state index is 11.9. The lowest BCUT2D eigenvalue weighted by Crippen LogP contribution is -2.46. The number of amides is 1. The molecular formula is C14H21NO3. The van der Waals surface area contributed by atoms with Crippen LogP contribution in [0.25, 0.3) is 0 Å². The summed E-state index contributed by atoms with van der Waals surface area (Å²) in [6.07, 6.45) is -0.545. The van der Waals surface area contributed by atoms with Crippen LogP contribution in [0.4, 0.5) is 0 Å². The Balaban J connectivity index is 2.63. The van der Waals surface area contributed by atoms with Crippen LogP contribution in [0.1, 0.15) is 27.7 Å².